The van der Waals surface area contributed by atoms with Crippen LogP contribution in [0.15, 0.2) is 39.9 Å². The molecular formula is C12H8BrN3O5. The van der Waals surface area contributed by atoms with Gasteiger partial charge in [0.2, 0.25) is 0 Å². The highest BCUT2D eigenvalue weighted by molar-refractivity contribution is 9.10. The first-order valence-corrected chi connectivity index (χ1v) is 6.40. The van der Waals surface area contributed by atoms with Crippen molar-refractivity contribution in [1.82, 2.24) is 9.55 Å². The molecule has 0 spiro atoms. The fraction of sp³-hybridized carbons (Fsp3) is 0.0833. The van der Waals surface area contributed by atoms with Crippen LogP contribution in [-0.2, 0) is 6.54 Å². The first kappa shape index (κ1) is 14.9. The smallest absolute Gasteiger partial charge is 0.337 e. The van der Waals surface area contributed by atoms with Gasteiger partial charge in [-0.2, -0.15) is 0 Å². The molecule has 0 aliphatic heterocycles. The van der Waals surface area contributed by atoms with Crippen LogP contribution in [0.3, 0.4) is 0 Å². The molecule has 1 N–H and O–H groups in total. The van der Waals surface area contributed by atoms with Crippen molar-refractivity contribution in [3.63, 3.8) is 0 Å². The largest absolute Gasteiger partial charge is 0.478 e. The van der Waals surface area contributed by atoms with Crippen molar-refractivity contribution in [2.45, 2.75) is 6.54 Å². The summed E-state index contributed by atoms with van der Waals surface area (Å²) in [4.78, 5) is 36.6. The number of carboxylic acid groups (broad SMARTS) is 1. The molecule has 0 aliphatic rings. The number of rotatable bonds is 4. The lowest BCUT2D eigenvalue weighted by Gasteiger charge is -2.06. The van der Waals surface area contributed by atoms with Crippen LogP contribution in [-0.4, -0.2) is 25.6 Å². The molecule has 0 saturated heterocycles. The van der Waals surface area contributed by atoms with Crippen molar-refractivity contribution in [2.24, 2.45) is 0 Å². The molecule has 0 aromatic carbocycles. The van der Waals surface area contributed by atoms with Gasteiger partial charge in [-0.1, -0.05) is 0 Å². The van der Waals surface area contributed by atoms with Gasteiger partial charge in [0, 0.05) is 22.9 Å². The van der Waals surface area contributed by atoms with E-state index in [-0.39, 0.29) is 12.1 Å². The van der Waals surface area contributed by atoms with E-state index < -0.39 is 22.1 Å². The van der Waals surface area contributed by atoms with Gasteiger partial charge < -0.3 is 9.67 Å². The van der Waals surface area contributed by atoms with E-state index in [1.807, 2.05) is 0 Å². The Labute approximate surface area is 126 Å². The first-order chi connectivity index (χ1) is 9.88. The zero-order valence-electron chi connectivity index (χ0n) is 10.4. The molecule has 8 nitrogen and oxygen atoms in total. The molecule has 108 valence electrons. The van der Waals surface area contributed by atoms with Crippen molar-refractivity contribution >= 4 is 27.6 Å². The minimum atomic E-state index is -1.11. The van der Waals surface area contributed by atoms with Gasteiger partial charge in [0.25, 0.3) is 0 Å². The summed E-state index contributed by atoms with van der Waals surface area (Å²) in [6.07, 6.45) is 2.57. The van der Waals surface area contributed by atoms with Crippen LogP contribution in [0.1, 0.15) is 16.1 Å². The van der Waals surface area contributed by atoms with Crippen molar-refractivity contribution < 1.29 is 14.8 Å². The minimum Gasteiger partial charge on any atom is -0.478 e. The van der Waals surface area contributed by atoms with E-state index >= 15 is 0 Å². The molecule has 0 radical (unpaired) electrons. The molecular weight excluding hydrogens is 346 g/mol. The normalized spacial score (nSPS) is 10.3. The lowest BCUT2D eigenvalue weighted by Crippen LogP contribution is -2.23. The summed E-state index contributed by atoms with van der Waals surface area (Å²) in [6, 6.07) is 3.92. The minimum absolute atomic E-state index is 0.000980. The van der Waals surface area contributed by atoms with Crippen molar-refractivity contribution in [3.8, 4) is 0 Å². The Hall–Kier alpha value is -2.55. The number of nitrogens with zero attached hydrogens (tertiary/aromatic N) is 3. The zero-order valence-corrected chi connectivity index (χ0v) is 12.0. The third-order valence-electron chi connectivity index (χ3n) is 2.63. The Morgan fingerprint density at radius 1 is 1.48 bits per heavy atom. The summed E-state index contributed by atoms with van der Waals surface area (Å²) in [6.45, 7) is -0.000980. The summed E-state index contributed by atoms with van der Waals surface area (Å²) < 4.78 is 1.52. The van der Waals surface area contributed by atoms with Crippen LogP contribution in [0.4, 0.5) is 5.69 Å². The Bertz CT molecular complexity index is 769. The highest BCUT2D eigenvalue weighted by Crippen LogP contribution is 2.14. The van der Waals surface area contributed by atoms with Crippen LogP contribution >= 0.6 is 15.9 Å². The number of carbonyl (C=O) groups is 1. The molecule has 0 saturated carbocycles. The van der Waals surface area contributed by atoms with Gasteiger partial charge in [0.1, 0.15) is 0 Å². The molecule has 0 amide bonds. The third-order valence-corrected chi connectivity index (χ3v) is 3.07. The fourth-order valence-electron chi connectivity index (χ4n) is 1.65. The predicted octanol–water partition coefficient (Wildman–Crippen LogP) is 1.66. The van der Waals surface area contributed by atoms with E-state index in [0.29, 0.717) is 10.2 Å². The van der Waals surface area contributed by atoms with Crippen molar-refractivity contribution in [2.75, 3.05) is 0 Å². The average molecular weight is 354 g/mol. The summed E-state index contributed by atoms with van der Waals surface area (Å²) in [5.74, 6) is -1.11. The van der Waals surface area contributed by atoms with Crippen LogP contribution in [0.5, 0.6) is 0 Å². The van der Waals surface area contributed by atoms with Gasteiger partial charge in [-0.05, 0) is 28.1 Å². The Kier molecular flexibility index (Phi) is 4.13. The predicted molar refractivity (Wildman–Crippen MR) is 75.4 cm³/mol. The highest BCUT2D eigenvalue weighted by Gasteiger charge is 2.16. The second kappa shape index (κ2) is 5.83. The van der Waals surface area contributed by atoms with Gasteiger partial charge in [0.05, 0.1) is 22.7 Å². The summed E-state index contributed by atoms with van der Waals surface area (Å²) in [5.41, 5.74) is -0.875. The van der Waals surface area contributed by atoms with Crippen molar-refractivity contribution in [1.29, 1.82) is 0 Å². The number of pyridine rings is 2. The number of aromatic carboxylic acids is 1. The van der Waals surface area contributed by atoms with E-state index in [1.54, 1.807) is 0 Å². The number of carboxylic acids is 1. The maximum atomic E-state index is 11.9. The number of hydrogen-bond acceptors (Lipinski definition) is 5. The van der Waals surface area contributed by atoms with Crippen LogP contribution in [0.2, 0.25) is 0 Å². The average Bonchev–Trinajstić information content (AvgIpc) is 2.42. The Balaban J connectivity index is 2.37. The third kappa shape index (κ3) is 3.31. The monoisotopic (exact) mass is 353 g/mol. The SMILES string of the molecule is O=C(O)c1ccc(Cn2cc(Br)cc([N+](=O)[O-])c2=O)nc1. The molecule has 2 aromatic rings. The summed E-state index contributed by atoms with van der Waals surface area (Å²) in [7, 11) is 0. The van der Waals surface area contributed by atoms with Gasteiger partial charge in [-0.25, -0.2) is 4.79 Å². The maximum Gasteiger partial charge on any atom is 0.337 e. The van der Waals surface area contributed by atoms with Gasteiger partial charge in [-0.3, -0.25) is 19.9 Å². The van der Waals surface area contributed by atoms with Gasteiger partial charge in [-0.15, -0.1) is 0 Å². The van der Waals surface area contributed by atoms with Crippen LogP contribution < -0.4 is 5.56 Å². The lowest BCUT2D eigenvalue weighted by atomic mass is 10.2. The van der Waals surface area contributed by atoms with Crippen LogP contribution in [0, 0.1) is 10.1 Å². The standard InChI is InChI=1S/C12H8BrN3O5/c13-8-3-10(16(20)21)11(17)15(5-8)6-9-2-1-7(4-14-9)12(18)19/h1-5H,6H2,(H,18,19). The number of aromatic nitrogens is 2. The number of nitro groups is 1. The van der Waals surface area contributed by atoms with E-state index in [0.717, 1.165) is 16.8 Å². The topological polar surface area (TPSA) is 115 Å². The molecule has 0 unspecified atom stereocenters. The van der Waals surface area contributed by atoms with Gasteiger partial charge in [0.15, 0.2) is 0 Å². The molecule has 0 aliphatic carbocycles. The molecule has 2 heterocycles. The van der Waals surface area contributed by atoms with E-state index in [2.05, 4.69) is 20.9 Å². The second-order valence-corrected chi connectivity index (χ2v) is 4.99. The second-order valence-electron chi connectivity index (χ2n) is 4.08. The maximum absolute atomic E-state index is 11.9. The van der Waals surface area contributed by atoms with Crippen molar-refractivity contribution in [3.05, 3.63) is 66.8 Å². The molecule has 2 aromatic heterocycles. The highest BCUT2D eigenvalue weighted by atomic mass is 79.9. The fourth-order valence-corrected chi connectivity index (χ4v) is 2.12. The van der Waals surface area contributed by atoms with E-state index in [4.69, 9.17) is 5.11 Å². The van der Waals surface area contributed by atoms with Crippen LogP contribution in [0.25, 0.3) is 0 Å². The molecule has 0 bridgehead atoms. The summed E-state index contributed by atoms with van der Waals surface area (Å²) >= 11 is 3.10. The Morgan fingerprint density at radius 2 is 2.19 bits per heavy atom. The zero-order chi connectivity index (χ0) is 15.6. The first-order valence-electron chi connectivity index (χ1n) is 5.61. The number of hydrogen-bond donors (Lipinski definition) is 1. The van der Waals surface area contributed by atoms with E-state index in [9.17, 15) is 19.7 Å². The Morgan fingerprint density at radius 3 is 2.71 bits per heavy atom. The summed E-state index contributed by atoms with van der Waals surface area (Å²) in [5, 5.41) is 19.6. The molecule has 0 fully saturated rings. The quantitative estimate of drug-likeness (QED) is 0.660. The van der Waals surface area contributed by atoms with Gasteiger partial charge >= 0.3 is 17.2 Å². The molecule has 9 heteroatoms. The number of halogens is 1. The molecule has 21 heavy (non-hydrogen) atoms. The van der Waals surface area contributed by atoms with E-state index in [1.165, 1.54) is 18.3 Å². The lowest BCUT2D eigenvalue weighted by molar-refractivity contribution is -0.386. The molecule has 2 rings (SSSR count). The molecule has 0 atom stereocenters.